The number of methoxy groups -OCH3 is 1. The zero-order chi connectivity index (χ0) is 14.8. The summed E-state index contributed by atoms with van der Waals surface area (Å²) in [5, 5.41) is 0. The second-order valence-electron chi connectivity index (χ2n) is 6.02. The van der Waals surface area contributed by atoms with Gasteiger partial charge in [-0.15, -0.1) is 0 Å². The Kier molecular flexibility index (Phi) is 4.33. The number of ether oxygens (including phenoxy) is 1. The van der Waals surface area contributed by atoms with Crippen LogP contribution in [0.5, 0.6) is 5.75 Å². The molecule has 0 aromatic heterocycles. The Morgan fingerprint density at radius 1 is 1.50 bits per heavy atom. The smallest absolute Gasteiger partial charge is 0.230 e. The summed E-state index contributed by atoms with van der Waals surface area (Å²) in [6.07, 6.45) is 2.04. The summed E-state index contributed by atoms with van der Waals surface area (Å²) < 4.78 is 5.28. The van der Waals surface area contributed by atoms with Crippen molar-refractivity contribution < 1.29 is 9.53 Å². The van der Waals surface area contributed by atoms with Crippen LogP contribution >= 0.6 is 0 Å². The number of amides is 1. The van der Waals surface area contributed by atoms with Crippen LogP contribution in [0.4, 0.5) is 0 Å². The van der Waals surface area contributed by atoms with Crippen LogP contribution in [0.2, 0.25) is 0 Å². The van der Waals surface area contributed by atoms with Crippen molar-refractivity contribution in [1.82, 2.24) is 4.90 Å². The highest BCUT2D eigenvalue weighted by molar-refractivity contribution is 5.83. The standard InChI is InChI=1S/C16H24N2O2/c1-16(2,11-17)15(19)18-9-5-8-14(18)12-6-4-7-13(10-12)20-3/h4,6-7,10,14H,5,8-9,11,17H2,1-3H3. The Morgan fingerprint density at radius 2 is 2.25 bits per heavy atom. The molecule has 1 aromatic carbocycles. The summed E-state index contributed by atoms with van der Waals surface area (Å²) in [6.45, 7) is 5.00. The molecule has 1 amide bonds. The molecule has 4 heteroatoms. The summed E-state index contributed by atoms with van der Waals surface area (Å²) in [7, 11) is 1.66. The summed E-state index contributed by atoms with van der Waals surface area (Å²) in [5.74, 6) is 0.977. The van der Waals surface area contributed by atoms with Gasteiger partial charge < -0.3 is 15.4 Å². The highest BCUT2D eigenvalue weighted by atomic mass is 16.5. The number of hydrogen-bond acceptors (Lipinski definition) is 3. The number of nitrogens with two attached hydrogens (primary N) is 1. The fourth-order valence-corrected chi connectivity index (χ4v) is 2.68. The molecule has 2 rings (SSSR count). The molecular weight excluding hydrogens is 252 g/mol. The van der Waals surface area contributed by atoms with Crippen LogP contribution in [0.1, 0.15) is 38.3 Å². The molecule has 4 nitrogen and oxygen atoms in total. The lowest BCUT2D eigenvalue weighted by Crippen LogP contribution is -2.44. The molecule has 1 unspecified atom stereocenters. The first-order valence-electron chi connectivity index (χ1n) is 7.14. The van der Waals surface area contributed by atoms with Crippen LogP contribution in [0.15, 0.2) is 24.3 Å². The van der Waals surface area contributed by atoms with Crippen molar-refractivity contribution in [2.75, 3.05) is 20.2 Å². The number of carbonyl (C=O) groups is 1. The van der Waals surface area contributed by atoms with E-state index >= 15 is 0 Å². The quantitative estimate of drug-likeness (QED) is 0.918. The topological polar surface area (TPSA) is 55.6 Å². The maximum atomic E-state index is 12.7. The van der Waals surface area contributed by atoms with Gasteiger partial charge in [0, 0.05) is 13.1 Å². The van der Waals surface area contributed by atoms with E-state index in [0.717, 1.165) is 30.7 Å². The largest absolute Gasteiger partial charge is 0.497 e. The van der Waals surface area contributed by atoms with Gasteiger partial charge in [0.25, 0.3) is 0 Å². The van der Waals surface area contributed by atoms with Gasteiger partial charge in [0.2, 0.25) is 5.91 Å². The number of hydrogen-bond donors (Lipinski definition) is 1. The van der Waals surface area contributed by atoms with E-state index in [0.29, 0.717) is 6.54 Å². The molecule has 20 heavy (non-hydrogen) atoms. The van der Waals surface area contributed by atoms with Crippen molar-refractivity contribution in [2.24, 2.45) is 11.1 Å². The zero-order valence-corrected chi connectivity index (χ0v) is 12.6. The van der Waals surface area contributed by atoms with Gasteiger partial charge in [-0.05, 0) is 44.4 Å². The lowest BCUT2D eigenvalue weighted by Gasteiger charge is -2.32. The van der Waals surface area contributed by atoms with Gasteiger partial charge in [0.05, 0.1) is 18.6 Å². The van der Waals surface area contributed by atoms with Crippen molar-refractivity contribution in [3.05, 3.63) is 29.8 Å². The average molecular weight is 276 g/mol. The van der Waals surface area contributed by atoms with E-state index in [2.05, 4.69) is 6.07 Å². The molecular formula is C16H24N2O2. The number of benzene rings is 1. The summed E-state index contributed by atoms with van der Waals surface area (Å²) in [6, 6.07) is 8.13. The fraction of sp³-hybridized carbons (Fsp3) is 0.562. The summed E-state index contributed by atoms with van der Waals surface area (Å²) >= 11 is 0. The third-order valence-corrected chi connectivity index (χ3v) is 4.08. The van der Waals surface area contributed by atoms with E-state index in [1.165, 1.54) is 0 Å². The number of rotatable bonds is 4. The second-order valence-corrected chi connectivity index (χ2v) is 6.02. The molecule has 0 aliphatic carbocycles. The molecule has 110 valence electrons. The third-order valence-electron chi connectivity index (χ3n) is 4.08. The van der Waals surface area contributed by atoms with Crippen LogP contribution in [0.3, 0.4) is 0 Å². The first-order valence-corrected chi connectivity index (χ1v) is 7.14. The molecule has 1 fully saturated rings. The molecule has 0 radical (unpaired) electrons. The normalized spacial score (nSPS) is 19.2. The van der Waals surface area contributed by atoms with Crippen molar-refractivity contribution >= 4 is 5.91 Å². The molecule has 1 aliphatic rings. The van der Waals surface area contributed by atoms with Crippen LogP contribution in [0, 0.1) is 5.41 Å². The van der Waals surface area contributed by atoms with Crippen molar-refractivity contribution in [3.8, 4) is 5.75 Å². The Morgan fingerprint density at radius 3 is 2.90 bits per heavy atom. The van der Waals surface area contributed by atoms with Crippen molar-refractivity contribution in [3.63, 3.8) is 0 Å². The minimum absolute atomic E-state index is 0.142. The van der Waals surface area contributed by atoms with E-state index < -0.39 is 5.41 Å². The molecule has 0 saturated carbocycles. The second kappa shape index (κ2) is 5.83. The lowest BCUT2D eigenvalue weighted by atomic mass is 9.91. The van der Waals surface area contributed by atoms with E-state index in [-0.39, 0.29) is 11.9 Å². The van der Waals surface area contributed by atoms with Crippen LogP contribution in [0.25, 0.3) is 0 Å². The highest BCUT2D eigenvalue weighted by Gasteiger charge is 2.37. The fourth-order valence-electron chi connectivity index (χ4n) is 2.68. The molecule has 2 N–H and O–H groups in total. The van der Waals surface area contributed by atoms with Gasteiger partial charge in [-0.2, -0.15) is 0 Å². The summed E-state index contributed by atoms with van der Waals surface area (Å²) in [4.78, 5) is 14.6. The summed E-state index contributed by atoms with van der Waals surface area (Å²) in [5.41, 5.74) is 6.38. The molecule has 1 aliphatic heterocycles. The van der Waals surface area contributed by atoms with E-state index in [1.54, 1.807) is 7.11 Å². The van der Waals surface area contributed by atoms with E-state index in [9.17, 15) is 4.79 Å². The highest BCUT2D eigenvalue weighted by Crippen LogP contribution is 2.36. The van der Waals surface area contributed by atoms with Gasteiger partial charge in [-0.25, -0.2) is 0 Å². The number of likely N-dealkylation sites (tertiary alicyclic amines) is 1. The maximum Gasteiger partial charge on any atom is 0.230 e. The van der Waals surface area contributed by atoms with Crippen LogP contribution in [-0.4, -0.2) is 31.0 Å². The van der Waals surface area contributed by atoms with Crippen molar-refractivity contribution in [2.45, 2.75) is 32.7 Å². The monoisotopic (exact) mass is 276 g/mol. The Bertz CT molecular complexity index is 485. The molecule has 1 heterocycles. The lowest BCUT2D eigenvalue weighted by molar-refractivity contribution is -0.140. The number of carbonyl (C=O) groups excluding carboxylic acids is 1. The Labute approximate surface area is 120 Å². The van der Waals surface area contributed by atoms with Gasteiger partial charge in [-0.1, -0.05) is 12.1 Å². The first-order chi connectivity index (χ1) is 9.49. The zero-order valence-electron chi connectivity index (χ0n) is 12.6. The predicted molar refractivity (Wildman–Crippen MR) is 79.5 cm³/mol. The first kappa shape index (κ1) is 14.9. The van der Waals surface area contributed by atoms with E-state index in [4.69, 9.17) is 10.5 Å². The maximum absolute atomic E-state index is 12.7. The van der Waals surface area contributed by atoms with Gasteiger partial charge in [-0.3, -0.25) is 4.79 Å². The number of nitrogens with zero attached hydrogens (tertiary/aromatic N) is 1. The molecule has 1 aromatic rings. The average Bonchev–Trinajstić information content (AvgIpc) is 2.95. The third kappa shape index (κ3) is 2.80. The predicted octanol–water partition coefficient (Wildman–Crippen LogP) is 2.34. The van der Waals surface area contributed by atoms with E-state index in [1.807, 2.05) is 36.9 Å². The molecule has 1 atom stereocenters. The minimum Gasteiger partial charge on any atom is -0.497 e. The Hall–Kier alpha value is -1.55. The molecule has 0 bridgehead atoms. The molecule has 1 saturated heterocycles. The van der Waals surface area contributed by atoms with Crippen molar-refractivity contribution in [1.29, 1.82) is 0 Å². The van der Waals surface area contributed by atoms with Gasteiger partial charge in [0.15, 0.2) is 0 Å². The minimum atomic E-state index is -0.499. The van der Waals surface area contributed by atoms with Gasteiger partial charge in [0.1, 0.15) is 5.75 Å². The molecule has 0 spiro atoms. The van der Waals surface area contributed by atoms with Crippen LogP contribution in [-0.2, 0) is 4.79 Å². The Balaban J connectivity index is 2.25. The SMILES string of the molecule is COc1cccc(C2CCCN2C(=O)C(C)(C)CN)c1. The van der Waals surface area contributed by atoms with Gasteiger partial charge >= 0.3 is 0 Å². The van der Waals surface area contributed by atoms with Crippen LogP contribution < -0.4 is 10.5 Å².